The molecule has 1 aromatic carbocycles. The number of hydrogen-bond acceptors (Lipinski definition) is 3. The summed E-state index contributed by atoms with van der Waals surface area (Å²) < 4.78 is 2.87. The molecule has 1 aromatic heterocycles. The van der Waals surface area contributed by atoms with Crippen LogP contribution in [-0.4, -0.2) is 28.8 Å². The monoisotopic (exact) mass is 400 g/mol. The first-order chi connectivity index (χ1) is 10.5. The number of nitrogens with one attached hydrogen (secondary N) is 1. The number of nitrogens with zero attached hydrogens (tertiary/aromatic N) is 2. The van der Waals surface area contributed by atoms with Crippen molar-refractivity contribution in [3.63, 3.8) is 0 Å². The Balaban J connectivity index is 0.00000264. The Morgan fingerprint density at radius 1 is 1.26 bits per heavy atom. The topological polar surface area (TPSA) is 72.9 Å². The standard InChI is InChI=1S/C16H21BrN4O.ClH/c1-11-15(17)12(2)21(20-11)14-7-5-13(6-8-14)16(22)19-10-4-3-9-18;/h5-8H,3-4,9-10,18H2,1-2H3,(H,19,22);1H. The maximum Gasteiger partial charge on any atom is 0.251 e. The maximum absolute atomic E-state index is 12.0. The molecule has 0 spiro atoms. The maximum atomic E-state index is 12.0. The van der Waals surface area contributed by atoms with E-state index in [9.17, 15) is 4.79 Å². The molecule has 0 aliphatic rings. The normalized spacial score (nSPS) is 10.3. The van der Waals surface area contributed by atoms with Crippen LogP contribution >= 0.6 is 28.3 Å². The van der Waals surface area contributed by atoms with Crippen LogP contribution in [0.15, 0.2) is 28.7 Å². The van der Waals surface area contributed by atoms with Crippen molar-refractivity contribution >= 4 is 34.2 Å². The number of aryl methyl sites for hydroxylation is 1. The molecule has 0 aliphatic heterocycles. The summed E-state index contributed by atoms with van der Waals surface area (Å²) in [5, 5.41) is 7.38. The van der Waals surface area contributed by atoms with Gasteiger partial charge in [0.25, 0.3) is 5.91 Å². The van der Waals surface area contributed by atoms with Crippen molar-refractivity contribution in [2.24, 2.45) is 5.73 Å². The number of carbonyl (C=O) groups is 1. The molecule has 5 nitrogen and oxygen atoms in total. The van der Waals surface area contributed by atoms with Crippen LogP contribution < -0.4 is 11.1 Å². The lowest BCUT2D eigenvalue weighted by Crippen LogP contribution is -2.24. The van der Waals surface area contributed by atoms with Crippen molar-refractivity contribution in [2.45, 2.75) is 26.7 Å². The van der Waals surface area contributed by atoms with Crippen LogP contribution in [0.25, 0.3) is 5.69 Å². The molecule has 0 atom stereocenters. The number of amides is 1. The molecule has 3 N–H and O–H groups in total. The smallest absolute Gasteiger partial charge is 0.251 e. The Hall–Kier alpha value is -1.37. The van der Waals surface area contributed by atoms with E-state index < -0.39 is 0 Å². The number of carbonyl (C=O) groups excluding carboxylic acids is 1. The van der Waals surface area contributed by atoms with Crippen molar-refractivity contribution in [1.29, 1.82) is 0 Å². The summed E-state index contributed by atoms with van der Waals surface area (Å²) in [7, 11) is 0. The summed E-state index contributed by atoms with van der Waals surface area (Å²) in [4.78, 5) is 12.0. The zero-order valence-corrected chi connectivity index (χ0v) is 15.7. The van der Waals surface area contributed by atoms with Gasteiger partial charge in [0.2, 0.25) is 0 Å². The Kier molecular flexibility index (Phi) is 7.75. The van der Waals surface area contributed by atoms with Gasteiger partial charge in [-0.15, -0.1) is 12.4 Å². The highest BCUT2D eigenvalue weighted by molar-refractivity contribution is 9.10. The van der Waals surface area contributed by atoms with Gasteiger partial charge in [-0.3, -0.25) is 4.79 Å². The molecule has 0 saturated carbocycles. The van der Waals surface area contributed by atoms with Crippen molar-refractivity contribution in [3.05, 3.63) is 45.7 Å². The molecule has 2 aromatic rings. The van der Waals surface area contributed by atoms with Crippen LogP contribution in [-0.2, 0) is 0 Å². The van der Waals surface area contributed by atoms with Crippen LogP contribution in [0.2, 0.25) is 0 Å². The first-order valence-corrected chi connectivity index (χ1v) is 8.14. The number of halogens is 2. The van der Waals surface area contributed by atoms with Gasteiger partial charge in [-0.1, -0.05) is 0 Å². The largest absolute Gasteiger partial charge is 0.352 e. The van der Waals surface area contributed by atoms with Gasteiger partial charge in [-0.2, -0.15) is 5.10 Å². The molecule has 7 heteroatoms. The molecule has 0 bridgehead atoms. The number of aromatic nitrogens is 2. The van der Waals surface area contributed by atoms with E-state index in [4.69, 9.17) is 5.73 Å². The Bertz CT molecular complexity index is 655. The van der Waals surface area contributed by atoms with E-state index in [0.29, 0.717) is 18.7 Å². The fraction of sp³-hybridized carbons (Fsp3) is 0.375. The number of benzene rings is 1. The molecular weight excluding hydrogens is 380 g/mol. The molecule has 23 heavy (non-hydrogen) atoms. The van der Waals surface area contributed by atoms with Gasteiger partial charge in [-0.25, -0.2) is 4.68 Å². The number of nitrogens with two attached hydrogens (primary N) is 1. The molecule has 1 heterocycles. The predicted octanol–water partition coefficient (Wildman–Crippen LogP) is 3.14. The van der Waals surface area contributed by atoms with Crippen LogP contribution in [0.5, 0.6) is 0 Å². The first-order valence-electron chi connectivity index (χ1n) is 7.35. The molecule has 0 fully saturated rings. The van der Waals surface area contributed by atoms with Crippen molar-refractivity contribution < 1.29 is 4.79 Å². The van der Waals surface area contributed by atoms with E-state index >= 15 is 0 Å². The van der Waals surface area contributed by atoms with Crippen LogP contribution in [0.1, 0.15) is 34.6 Å². The third-order valence-corrected chi connectivity index (χ3v) is 4.64. The van der Waals surface area contributed by atoms with E-state index in [1.807, 2.05) is 42.8 Å². The minimum absolute atomic E-state index is 0. The summed E-state index contributed by atoms with van der Waals surface area (Å²) in [5.41, 5.74) is 9.00. The van der Waals surface area contributed by atoms with Gasteiger partial charge in [-0.05, 0) is 73.4 Å². The third-order valence-electron chi connectivity index (χ3n) is 3.49. The van der Waals surface area contributed by atoms with Gasteiger partial charge >= 0.3 is 0 Å². The SMILES string of the molecule is Cc1nn(-c2ccc(C(=O)NCCCCN)cc2)c(C)c1Br.Cl. The molecule has 1 amide bonds. The summed E-state index contributed by atoms with van der Waals surface area (Å²) in [6.45, 7) is 5.27. The molecular formula is C16H22BrClN4O. The minimum atomic E-state index is -0.0573. The van der Waals surface area contributed by atoms with Crippen LogP contribution in [0.4, 0.5) is 0 Å². The highest BCUT2D eigenvalue weighted by atomic mass is 79.9. The number of unbranched alkanes of at least 4 members (excludes halogenated alkanes) is 1. The summed E-state index contributed by atoms with van der Waals surface area (Å²) in [6, 6.07) is 7.44. The van der Waals surface area contributed by atoms with Gasteiger partial charge in [0.1, 0.15) is 0 Å². The average Bonchev–Trinajstić information content (AvgIpc) is 2.79. The van der Waals surface area contributed by atoms with Gasteiger partial charge in [0.05, 0.1) is 21.5 Å². The summed E-state index contributed by atoms with van der Waals surface area (Å²) in [6.07, 6.45) is 1.83. The fourth-order valence-electron chi connectivity index (χ4n) is 2.20. The Morgan fingerprint density at radius 3 is 2.43 bits per heavy atom. The highest BCUT2D eigenvalue weighted by Gasteiger charge is 2.11. The van der Waals surface area contributed by atoms with Crippen molar-refractivity contribution in [1.82, 2.24) is 15.1 Å². The fourth-order valence-corrected chi connectivity index (χ4v) is 2.45. The second kappa shape index (κ2) is 9.05. The van der Waals surface area contributed by atoms with Crippen molar-refractivity contribution in [3.8, 4) is 5.69 Å². The zero-order chi connectivity index (χ0) is 16.1. The summed E-state index contributed by atoms with van der Waals surface area (Å²) >= 11 is 3.52. The molecule has 2 rings (SSSR count). The van der Waals surface area contributed by atoms with E-state index in [1.54, 1.807) is 0 Å². The average molecular weight is 402 g/mol. The summed E-state index contributed by atoms with van der Waals surface area (Å²) in [5.74, 6) is -0.0573. The first kappa shape index (κ1) is 19.7. The predicted molar refractivity (Wildman–Crippen MR) is 98.6 cm³/mol. The second-order valence-electron chi connectivity index (χ2n) is 5.20. The highest BCUT2D eigenvalue weighted by Crippen LogP contribution is 2.23. The minimum Gasteiger partial charge on any atom is -0.352 e. The second-order valence-corrected chi connectivity index (χ2v) is 5.99. The van der Waals surface area contributed by atoms with E-state index in [0.717, 1.165) is 34.4 Å². The lowest BCUT2D eigenvalue weighted by Gasteiger charge is -2.07. The Morgan fingerprint density at radius 2 is 1.91 bits per heavy atom. The van der Waals surface area contributed by atoms with E-state index in [1.165, 1.54) is 0 Å². The number of rotatable bonds is 6. The van der Waals surface area contributed by atoms with Crippen LogP contribution in [0, 0.1) is 13.8 Å². The number of hydrogen-bond donors (Lipinski definition) is 2. The molecule has 126 valence electrons. The lowest BCUT2D eigenvalue weighted by molar-refractivity contribution is 0.0953. The van der Waals surface area contributed by atoms with E-state index in [2.05, 4.69) is 26.3 Å². The van der Waals surface area contributed by atoms with Crippen LogP contribution in [0.3, 0.4) is 0 Å². The molecule has 0 aliphatic carbocycles. The Labute approximate surface area is 151 Å². The van der Waals surface area contributed by atoms with Crippen molar-refractivity contribution in [2.75, 3.05) is 13.1 Å². The molecule has 0 unspecified atom stereocenters. The molecule has 0 saturated heterocycles. The zero-order valence-electron chi connectivity index (χ0n) is 13.3. The quantitative estimate of drug-likeness (QED) is 0.730. The molecule has 0 radical (unpaired) electrons. The van der Waals surface area contributed by atoms with Gasteiger partial charge in [0, 0.05) is 12.1 Å². The van der Waals surface area contributed by atoms with Gasteiger partial charge in [0.15, 0.2) is 0 Å². The van der Waals surface area contributed by atoms with E-state index in [-0.39, 0.29) is 18.3 Å². The van der Waals surface area contributed by atoms with Gasteiger partial charge < -0.3 is 11.1 Å². The lowest BCUT2D eigenvalue weighted by atomic mass is 10.2. The third kappa shape index (κ3) is 4.80.